The van der Waals surface area contributed by atoms with Crippen molar-refractivity contribution < 1.29 is 13.9 Å². The van der Waals surface area contributed by atoms with Crippen molar-refractivity contribution in [3.05, 3.63) is 48.0 Å². The number of hydrogen-bond acceptors (Lipinski definition) is 6. The third-order valence-electron chi connectivity index (χ3n) is 5.36. The van der Waals surface area contributed by atoms with Gasteiger partial charge in [-0.3, -0.25) is 4.79 Å². The van der Waals surface area contributed by atoms with E-state index in [-0.39, 0.29) is 18.3 Å². The van der Waals surface area contributed by atoms with Crippen LogP contribution < -0.4 is 9.64 Å². The number of carbonyl (C=O) groups is 1. The first-order valence-corrected chi connectivity index (χ1v) is 9.81. The van der Waals surface area contributed by atoms with Crippen LogP contribution in [0.3, 0.4) is 0 Å². The molecule has 0 unspecified atom stereocenters. The molecule has 0 bridgehead atoms. The molecule has 2 fully saturated rings. The van der Waals surface area contributed by atoms with E-state index in [0.717, 1.165) is 30.1 Å². The average molecular weight is 396 g/mol. The van der Waals surface area contributed by atoms with E-state index in [2.05, 4.69) is 15.1 Å². The largest absolute Gasteiger partial charge is 0.481 e. The minimum atomic E-state index is -0.467. The quantitative estimate of drug-likeness (QED) is 0.655. The Kier molecular flexibility index (Phi) is 4.49. The number of halogens is 1. The number of ether oxygens (including phenoxy) is 1. The standard InChI is InChI=1S/C20H21FN6O2/c21-15-3-1-2-4-16(15)29-13-19(28)26-11-9-25(10-12-26)18-8-7-17-22-23-20(14-5-6-14)27(17)24-18/h1-4,7-8,14H,5-6,9-13H2. The Morgan fingerprint density at radius 3 is 2.62 bits per heavy atom. The number of fused-ring (bicyclic) bond motifs is 1. The lowest BCUT2D eigenvalue weighted by molar-refractivity contribution is -0.133. The van der Waals surface area contributed by atoms with Crippen molar-refractivity contribution in [2.24, 2.45) is 0 Å². The van der Waals surface area contributed by atoms with Gasteiger partial charge in [0.25, 0.3) is 5.91 Å². The minimum Gasteiger partial charge on any atom is -0.481 e. The summed E-state index contributed by atoms with van der Waals surface area (Å²) in [6, 6.07) is 9.97. The second-order valence-electron chi connectivity index (χ2n) is 7.38. The summed E-state index contributed by atoms with van der Waals surface area (Å²) >= 11 is 0. The van der Waals surface area contributed by atoms with Gasteiger partial charge in [0, 0.05) is 32.1 Å². The summed E-state index contributed by atoms with van der Waals surface area (Å²) in [7, 11) is 0. The Morgan fingerprint density at radius 1 is 1.07 bits per heavy atom. The molecular weight excluding hydrogens is 375 g/mol. The van der Waals surface area contributed by atoms with Crippen LogP contribution in [-0.2, 0) is 4.79 Å². The summed E-state index contributed by atoms with van der Waals surface area (Å²) in [6.07, 6.45) is 2.28. The predicted molar refractivity (Wildman–Crippen MR) is 103 cm³/mol. The summed E-state index contributed by atoms with van der Waals surface area (Å²) in [6.45, 7) is 2.31. The average Bonchev–Trinajstić information content (AvgIpc) is 3.51. The van der Waals surface area contributed by atoms with Gasteiger partial charge >= 0.3 is 0 Å². The lowest BCUT2D eigenvalue weighted by Crippen LogP contribution is -2.50. The summed E-state index contributed by atoms with van der Waals surface area (Å²) in [5.41, 5.74) is 0.759. The van der Waals surface area contributed by atoms with Gasteiger partial charge in [-0.2, -0.15) is 4.52 Å². The van der Waals surface area contributed by atoms with E-state index in [1.807, 2.05) is 16.6 Å². The molecule has 1 saturated carbocycles. The maximum Gasteiger partial charge on any atom is 0.260 e. The van der Waals surface area contributed by atoms with E-state index < -0.39 is 5.82 Å². The van der Waals surface area contributed by atoms with Crippen LogP contribution in [0.4, 0.5) is 10.2 Å². The molecule has 5 rings (SSSR count). The number of nitrogens with zero attached hydrogens (tertiary/aromatic N) is 6. The Hall–Kier alpha value is -3.23. The molecule has 0 radical (unpaired) electrons. The molecule has 2 aromatic heterocycles. The SMILES string of the molecule is O=C(COc1ccccc1F)N1CCN(c2ccc3nnc(C4CC4)n3n2)CC1. The highest BCUT2D eigenvalue weighted by molar-refractivity contribution is 5.78. The number of para-hydroxylation sites is 1. The van der Waals surface area contributed by atoms with E-state index >= 15 is 0 Å². The third-order valence-corrected chi connectivity index (χ3v) is 5.36. The molecule has 9 heteroatoms. The van der Waals surface area contributed by atoms with Crippen molar-refractivity contribution in [1.82, 2.24) is 24.7 Å². The van der Waals surface area contributed by atoms with Crippen LogP contribution in [0.1, 0.15) is 24.6 Å². The van der Waals surface area contributed by atoms with Gasteiger partial charge in [-0.25, -0.2) is 4.39 Å². The van der Waals surface area contributed by atoms with Crippen LogP contribution in [0.2, 0.25) is 0 Å². The zero-order chi connectivity index (χ0) is 19.8. The van der Waals surface area contributed by atoms with Crippen LogP contribution in [-0.4, -0.2) is 63.4 Å². The number of hydrogen-bond donors (Lipinski definition) is 0. The smallest absolute Gasteiger partial charge is 0.260 e. The van der Waals surface area contributed by atoms with Crippen molar-refractivity contribution in [3.63, 3.8) is 0 Å². The fourth-order valence-corrected chi connectivity index (χ4v) is 3.54. The van der Waals surface area contributed by atoms with Gasteiger partial charge in [0.1, 0.15) is 5.82 Å². The molecular formula is C20H21FN6O2. The van der Waals surface area contributed by atoms with E-state index in [4.69, 9.17) is 9.84 Å². The first-order valence-electron chi connectivity index (χ1n) is 9.81. The Balaban J connectivity index is 1.20. The molecule has 1 aliphatic heterocycles. The number of carbonyl (C=O) groups excluding carboxylic acids is 1. The molecule has 0 atom stereocenters. The Bertz CT molecular complexity index is 1040. The number of rotatable bonds is 5. The Labute approximate surface area is 166 Å². The van der Waals surface area contributed by atoms with Crippen molar-refractivity contribution in [2.45, 2.75) is 18.8 Å². The Morgan fingerprint density at radius 2 is 1.86 bits per heavy atom. The van der Waals surface area contributed by atoms with Gasteiger partial charge in [0.15, 0.2) is 29.6 Å². The molecule has 0 spiro atoms. The van der Waals surface area contributed by atoms with Crippen LogP contribution in [0.25, 0.3) is 5.65 Å². The topological polar surface area (TPSA) is 75.9 Å². The molecule has 0 N–H and O–H groups in total. The zero-order valence-corrected chi connectivity index (χ0v) is 15.9. The maximum atomic E-state index is 13.6. The maximum absolute atomic E-state index is 13.6. The summed E-state index contributed by atoms with van der Waals surface area (Å²) in [4.78, 5) is 16.3. The monoisotopic (exact) mass is 396 g/mol. The van der Waals surface area contributed by atoms with E-state index in [1.54, 1.807) is 17.0 Å². The van der Waals surface area contributed by atoms with Crippen LogP contribution in [0, 0.1) is 5.82 Å². The number of anilines is 1. The van der Waals surface area contributed by atoms with Gasteiger partial charge in [-0.15, -0.1) is 15.3 Å². The molecule has 1 amide bonds. The second kappa shape index (κ2) is 7.31. The summed E-state index contributed by atoms with van der Waals surface area (Å²) in [5, 5.41) is 13.2. The highest BCUT2D eigenvalue weighted by atomic mass is 19.1. The lowest BCUT2D eigenvalue weighted by Gasteiger charge is -2.35. The van der Waals surface area contributed by atoms with Crippen molar-refractivity contribution in [2.75, 3.05) is 37.7 Å². The molecule has 29 heavy (non-hydrogen) atoms. The molecule has 2 aliphatic rings. The minimum absolute atomic E-state index is 0.0948. The number of amides is 1. The van der Waals surface area contributed by atoms with Crippen LogP contribution in [0.5, 0.6) is 5.75 Å². The highest BCUT2D eigenvalue weighted by Gasteiger charge is 2.30. The molecule has 1 aromatic carbocycles. The van der Waals surface area contributed by atoms with Gasteiger partial charge in [0.05, 0.1) is 0 Å². The molecule has 150 valence electrons. The second-order valence-corrected chi connectivity index (χ2v) is 7.38. The van der Waals surface area contributed by atoms with Gasteiger partial charge in [-0.1, -0.05) is 12.1 Å². The summed E-state index contributed by atoms with van der Waals surface area (Å²) in [5.74, 6) is 1.74. The van der Waals surface area contributed by atoms with Gasteiger partial charge < -0.3 is 14.5 Å². The first kappa shape index (κ1) is 17.8. The van der Waals surface area contributed by atoms with E-state index in [0.29, 0.717) is 32.1 Å². The molecule has 3 aromatic rings. The normalized spacial score (nSPS) is 17.0. The van der Waals surface area contributed by atoms with Crippen molar-refractivity contribution >= 4 is 17.4 Å². The van der Waals surface area contributed by atoms with E-state index in [1.165, 1.54) is 12.1 Å². The summed E-state index contributed by atoms with van der Waals surface area (Å²) < 4.78 is 20.8. The zero-order valence-electron chi connectivity index (χ0n) is 15.9. The van der Waals surface area contributed by atoms with Crippen molar-refractivity contribution in [3.8, 4) is 5.75 Å². The fourth-order valence-electron chi connectivity index (χ4n) is 3.54. The first-order chi connectivity index (χ1) is 14.2. The highest BCUT2D eigenvalue weighted by Crippen LogP contribution is 2.38. The predicted octanol–water partition coefficient (Wildman–Crippen LogP) is 1.87. The lowest BCUT2D eigenvalue weighted by atomic mass is 10.3. The van der Waals surface area contributed by atoms with Crippen LogP contribution in [0.15, 0.2) is 36.4 Å². The molecule has 1 aliphatic carbocycles. The molecule has 3 heterocycles. The number of aromatic nitrogens is 4. The fraction of sp³-hybridized carbons (Fsp3) is 0.400. The third kappa shape index (κ3) is 3.59. The van der Waals surface area contributed by atoms with E-state index in [9.17, 15) is 9.18 Å². The molecule has 8 nitrogen and oxygen atoms in total. The number of benzene rings is 1. The number of piperazine rings is 1. The van der Waals surface area contributed by atoms with Crippen LogP contribution >= 0.6 is 0 Å². The molecule has 1 saturated heterocycles. The van der Waals surface area contributed by atoms with Gasteiger partial charge in [-0.05, 0) is 37.1 Å². The van der Waals surface area contributed by atoms with Crippen molar-refractivity contribution in [1.29, 1.82) is 0 Å². The van der Waals surface area contributed by atoms with Gasteiger partial charge in [0.2, 0.25) is 0 Å².